The topological polar surface area (TPSA) is 84.8 Å². The second kappa shape index (κ2) is 9.12. The molecule has 7 nitrogen and oxygen atoms in total. The van der Waals surface area contributed by atoms with Crippen LogP contribution in [0.1, 0.15) is 0 Å². The third-order valence-electron chi connectivity index (χ3n) is 6.04. The molecule has 2 aromatic heterocycles. The molecule has 9 heteroatoms. The molecule has 0 atom stereocenters. The molecule has 4 aromatic carbocycles. The average Bonchev–Trinajstić information content (AvgIpc) is 2.91. The third-order valence-corrected chi connectivity index (χ3v) is 6.61. The second-order valence-corrected chi connectivity index (χ2v) is 9.10. The van der Waals surface area contributed by atoms with Gasteiger partial charge in [-0.25, -0.2) is 0 Å². The number of nitrogens with one attached hydrogen (secondary N) is 2. The van der Waals surface area contributed by atoms with Gasteiger partial charge in [-0.3, -0.25) is 18.7 Å². The SMILES string of the molecule is O=c1c2ccccc2[nH]c(=S)n1-c1ccc(Oc2ccc(-n3c(=S)[nH]c4ccccc4c3=O)cc2)cc1. The van der Waals surface area contributed by atoms with Crippen LogP contribution in [0.3, 0.4) is 0 Å². The van der Waals surface area contributed by atoms with E-state index >= 15 is 0 Å². The number of rotatable bonds is 4. The largest absolute Gasteiger partial charge is 0.457 e. The molecular formula is C28H18N4O3S2. The van der Waals surface area contributed by atoms with E-state index < -0.39 is 0 Å². The summed E-state index contributed by atoms with van der Waals surface area (Å²) in [6.45, 7) is 0. The fourth-order valence-corrected chi connectivity index (χ4v) is 4.85. The van der Waals surface area contributed by atoms with Crippen LogP contribution in [0.2, 0.25) is 0 Å². The zero-order chi connectivity index (χ0) is 25.5. The summed E-state index contributed by atoms with van der Waals surface area (Å²) >= 11 is 10.9. The van der Waals surface area contributed by atoms with Crippen LogP contribution in [0.4, 0.5) is 0 Å². The van der Waals surface area contributed by atoms with Gasteiger partial charge in [-0.05, 0) is 97.2 Å². The molecule has 0 aliphatic heterocycles. The lowest BCUT2D eigenvalue weighted by molar-refractivity contribution is 0.482. The van der Waals surface area contributed by atoms with E-state index in [-0.39, 0.29) is 11.1 Å². The highest BCUT2D eigenvalue weighted by molar-refractivity contribution is 7.71. The molecule has 0 aliphatic rings. The molecule has 0 fully saturated rings. The number of H-pyrrole nitrogens is 2. The Balaban J connectivity index is 1.28. The molecule has 0 saturated carbocycles. The van der Waals surface area contributed by atoms with Crippen molar-refractivity contribution in [1.82, 2.24) is 19.1 Å². The molecule has 0 unspecified atom stereocenters. The van der Waals surface area contributed by atoms with Crippen LogP contribution in [-0.4, -0.2) is 19.1 Å². The smallest absolute Gasteiger partial charge is 0.266 e. The molecule has 0 saturated heterocycles. The van der Waals surface area contributed by atoms with Gasteiger partial charge in [0.25, 0.3) is 11.1 Å². The number of hydrogen-bond donors (Lipinski definition) is 2. The minimum absolute atomic E-state index is 0.189. The first-order valence-electron chi connectivity index (χ1n) is 11.4. The maximum Gasteiger partial charge on any atom is 0.266 e. The molecule has 37 heavy (non-hydrogen) atoms. The van der Waals surface area contributed by atoms with Crippen molar-refractivity contribution in [2.75, 3.05) is 0 Å². The van der Waals surface area contributed by atoms with Crippen LogP contribution in [0.15, 0.2) is 107 Å². The van der Waals surface area contributed by atoms with Crippen molar-refractivity contribution < 1.29 is 4.74 Å². The highest BCUT2D eigenvalue weighted by Crippen LogP contribution is 2.24. The van der Waals surface area contributed by atoms with Crippen molar-refractivity contribution in [3.63, 3.8) is 0 Å². The van der Waals surface area contributed by atoms with Crippen LogP contribution in [0.5, 0.6) is 11.5 Å². The summed E-state index contributed by atoms with van der Waals surface area (Å²) in [7, 11) is 0. The number of fused-ring (bicyclic) bond motifs is 2. The first-order valence-corrected chi connectivity index (χ1v) is 12.2. The fraction of sp³-hybridized carbons (Fsp3) is 0. The molecule has 0 bridgehead atoms. The number of aromatic nitrogens is 4. The van der Waals surface area contributed by atoms with E-state index in [1.807, 2.05) is 36.4 Å². The molecule has 0 radical (unpaired) electrons. The Morgan fingerprint density at radius 3 is 1.32 bits per heavy atom. The normalized spacial score (nSPS) is 11.1. The van der Waals surface area contributed by atoms with Gasteiger partial charge < -0.3 is 14.7 Å². The van der Waals surface area contributed by atoms with Gasteiger partial charge in [-0.2, -0.15) is 0 Å². The first-order chi connectivity index (χ1) is 18.0. The highest BCUT2D eigenvalue weighted by atomic mass is 32.1. The third kappa shape index (κ3) is 4.10. The number of nitrogens with zero attached hydrogens (tertiary/aromatic N) is 2. The van der Waals surface area contributed by atoms with E-state index in [4.69, 9.17) is 29.2 Å². The average molecular weight is 523 g/mol. The first kappa shape index (κ1) is 22.8. The maximum absolute atomic E-state index is 13.0. The molecule has 0 aliphatic carbocycles. The van der Waals surface area contributed by atoms with Gasteiger partial charge >= 0.3 is 0 Å². The Morgan fingerprint density at radius 1 is 0.541 bits per heavy atom. The monoisotopic (exact) mass is 522 g/mol. The Bertz CT molecular complexity index is 1890. The van der Waals surface area contributed by atoms with Gasteiger partial charge in [0.15, 0.2) is 9.54 Å². The van der Waals surface area contributed by atoms with Gasteiger partial charge in [-0.15, -0.1) is 0 Å². The molecule has 0 spiro atoms. The van der Waals surface area contributed by atoms with E-state index in [1.165, 1.54) is 9.13 Å². The van der Waals surface area contributed by atoms with Crippen molar-refractivity contribution in [2.24, 2.45) is 0 Å². The fourth-order valence-electron chi connectivity index (χ4n) is 4.26. The van der Waals surface area contributed by atoms with Crippen molar-refractivity contribution >= 4 is 46.2 Å². The Hall–Kier alpha value is -4.60. The number of aromatic amines is 2. The summed E-state index contributed by atoms with van der Waals surface area (Å²) in [5.74, 6) is 1.17. The molecule has 0 amide bonds. The lowest BCUT2D eigenvalue weighted by Crippen LogP contribution is -2.20. The van der Waals surface area contributed by atoms with E-state index in [0.717, 1.165) is 0 Å². The Morgan fingerprint density at radius 2 is 0.919 bits per heavy atom. The van der Waals surface area contributed by atoms with Crippen molar-refractivity contribution in [1.29, 1.82) is 0 Å². The van der Waals surface area contributed by atoms with Crippen molar-refractivity contribution in [3.8, 4) is 22.9 Å². The van der Waals surface area contributed by atoms with Crippen LogP contribution in [-0.2, 0) is 0 Å². The number of hydrogen-bond acceptors (Lipinski definition) is 5. The predicted octanol–water partition coefficient (Wildman–Crippen LogP) is 6.20. The number of ether oxygens (including phenoxy) is 1. The van der Waals surface area contributed by atoms with Crippen molar-refractivity contribution in [3.05, 3.63) is 127 Å². The van der Waals surface area contributed by atoms with E-state index in [2.05, 4.69) is 9.97 Å². The summed E-state index contributed by atoms with van der Waals surface area (Å²) in [6.07, 6.45) is 0. The zero-order valence-corrected chi connectivity index (χ0v) is 20.8. The summed E-state index contributed by atoms with van der Waals surface area (Å²) in [5, 5.41) is 1.11. The number of benzene rings is 4. The quantitative estimate of drug-likeness (QED) is 0.269. The standard InChI is InChI=1S/C28H18N4O3S2/c33-25-21-5-1-3-7-23(21)29-27(36)31(25)17-9-13-19(14-10-17)35-20-15-11-18(12-16-20)32-26(34)22-6-2-4-8-24(22)30-28(32)37/h1-16H,(H,29,36)(H,30,37). The molecule has 2 N–H and O–H groups in total. The van der Waals surface area contributed by atoms with E-state index in [0.29, 0.717) is 54.2 Å². The van der Waals surface area contributed by atoms with Crippen LogP contribution >= 0.6 is 24.4 Å². The summed E-state index contributed by atoms with van der Waals surface area (Å²) in [5.41, 5.74) is 2.28. The summed E-state index contributed by atoms with van der Waals surface area (Å²) < 4.78 is 9.53. The van der Waals surface area contributed by atoms with E-state index in [1.54, 1.807) is 60.7 Å². The van der Waals surface area contributed by atoms with Crippen LogP contribution < -0.4 is 15.9 Å². The highest BCUT2D eigenvalue weighted by Gasteiger charge is 2.09. The molecule has 6 aromatic rings. The molecule has 2 heterocycles. The predicted molar refractivity (Wildman–Crippen MR) is 150 cm³/mol. The van der Waals surface area contributed by atoms with Gasteiger partial charge in [0.2, 0.25) is 0 Å². The van der Waals surface area contributed by atoms with Gasteiger partial charge in [0.05, 0.1) is 33.2 Å². The molecular weight excluding hydrogens is 504 g/mol. The van der Waals surface area contributed by atoms with Gasteiger partial charge in [0.1, 0.15) is 11.5 Å². The Kier molecular flexibility index (Phi) is 5.63. The molecule has 180 valence electrons. The number of para-hydroxylation sites is 2. The van der Waals surface area contributed by atoms with E-state index in [9.17, 15) is 9.59 Å². The lowest BCUT2D eigenvalue weighted by atomic mass is 10.2. The van der Waals surface area contributed by atoms with Crippen LogP contribution in [0, 0.1) is 9.54 Å². The summed E-state index contributed by atoms with van der Waals surface area (Å²) in [4.78, 5) is 32.2. The minimum atomic E-state index is -0.189. The lowest BCUT2D eigenvalue weighted by Gasteiger charge is -2.11. The Labute approximate surface area is 219 Å². The summed E-state index contributed by atoms with van der Waals surface area (Å²) in [6, 6.07) is 28.7. The van der Waals surface area contributed by atoms with Crippen LogP contribution in [0.25, 0.3) is 33.2 Å². The van der Waals surface area contributed by atoms with Crippen molar-refractivity contribution in [2.45, 2.75) is 0 Å². The minimum Gasteiger partial charge on any atom is -0.457 e. The zero-order valence-electron chi connectivity index (χ0n) is 19.2. The maximum atomic E-state index is 13.0. The second-order valence-electron chi connectivity index (χ2n) is 8.32. The van der Waals surface area contributed by atoms with Gasteiger partial charge in [-0.1, -0.05) is 24.3 Å². The van der Waals surface area contributed by atoms with Gasteiger partial charge in [0, 0.05) is 0 Å². The molecule has 6 rings (SSSR count).